The molecule has 10 heteroatoms. The maximum atomic E-state index is 14.3. The summed E-state index contributed by atoms with van der Waals surface area (Å²) in [6, 6.07) is 18.8. The van der Waals surface area contributed by atoms with E-state index in [1.807, 2.05) is 67.3 Å². The summed E-state index contributed by atoms with van der Waals surface area (Å²) in [7, 11) is 0. The number of aryl methyl sites for hydroxylation is 2. The number of thiocarbonyl (C=S) groups is 1. The second-order valence-corrected chi connectivity index (χ2v) is 9.94. The van der Waals surface area contributed by atoms with Crippen LogP contribution in [0.5, 0.6) is 0 Å². The molecule has 1 atom stereocenters. The van der Waals surface area contributed by atoms with Crippen molar-refractivity contribution >= 4 is 62.2 Å². The third-order valence-corrected chi connectivity index (χ3v) is 7.26. The fraction of sp³-hybridized carbons (Fsp3) is 0.154. The first kappa shape index (κ1) is 22.7. The topological polar surface area (TPSA) is 78.9 Å². The number of halogens is 1. The van der Waals surface area contributed by atoms with Crippen LogP contribution in [0.3, 0.4) is 0 Å². The van der Waals surface area contributed by atoms with Crippen LogP contribution in [0.15, 0.2) is 85.5 Å². The number of amides is 1. The number of para-hydroxylation sites is 1. The summed E-state index contributed by atoms with van der Waals surface area (Å²) in [6.45, 7) is 5.50. The lowest BCUT2D eigenvalue weighted by atomic mass is 9.86. The number of hydrogen-bond donors (Lipinski definition) is 0. The van der Waals surface area contributed by atoms with E-state index in [0.717, 1.165) is 21.4 Å². The van der Waals surface area contributed by atoms with Crippen molar-refractivity contribution in [2.75, 3.05) is 14.7 Å². The van der Waals surface area contributed by atoms with Gasteiger partial charge in [0.15, 0.2) is 16.7 Å². The Bertz CT molecular complexity index is 1560. The highest BCUT2D eigenvalue weighted by Gasteiger charge is 2.48. The largest absolute Gasteiger partial charge is 0.360 e. The molecule has 2 aromatic heterocycles. The molecule has 2 aliphatic heterocycles. The van der Waals surface area contributed by atoms with Crippen LogP contribution in [0.4, 0.5) is 23.0 Å². The first-order valence-corrected chi connectivity index (χ1v) is 12.4. The van der Waals surface area contributed by atoms with Gasteiger partial charge in [0.2, 0.25) is 0 Å². The minimum Gasteiger partial charge on any atom is -0.360 e. The van der Waals surface area contributed by atoms with E-state index in [4.69, 9.17) is 21.3 Å². The summed E-state index contributed by atoms with van der Waals surface area (Å²) in [5.74, 6) is 1.99. The lowest BCUT2D eigenvalue weighted by Gasteiger charge is -2.48. The number of aromatic nitrogens is 2. The molecule has 0 spiro atoms. The standard InChI is InChI=1S/C26H20BrN5O3S/c1-14-12-21(28-34-14)30-16(3)23-24(31(26(30)36)18-10-8-17(27)9-11-18)19-6-4-5-7-20(19)32(25(23)33)22-13-15(2)35-29-22/h4-13,24H,1-3H3. The zero-order chi connectivity index (χ0) is 25.1. The van der Waals surface area contributed by atoms with Gasteiger partial charge in [-0.2, -0.15) is 0 Å². The van der Waals surface area contributed by atoms with E-state index in [1.165, 1.54) is 0 Å². The van der Waals surface area contributed by atoms with E-state index in [9.17, 15) is 4.79 Å². The highest BCUT2D eigenvalue weighted by atomic mass is 79.9. The Hall–Kier alpha value is -3.76. The molecule has 2 aliphatic rings. The van der Waals surface area contributed by atoms with E-state index in [-0.39, 0.29) is 5.91 Å². The third-order valence-electron chi connectivity index (χ3n) is 6.35. The van der Waals surface area contributed by atoms with Crippen LogP contribution in [-0.2, 0) is 4.79 Å². The van der Waals surface area contributed by atoms with Crippen molar-refractivity contribution in [3.05, 3.63) is 93.5 Å². The highest BCUT2D eigenvalue weighted by Crippen LogP contribution is 2.50. The number of benzene rings is 2. The summed E-state index contributed by atoms with van der Waals surface area (Å²) in [6.07, 6.45) is 0. The molecule has 6 rings (SSSR count). The molecule has 0 saturated heterocycles. The molecule has 1 amide bonds. The van der Waals surface area contributed by atoms with Crippen molar-refractivity contribution in [2.45, 2.75) is 26.8 Å². The second-order valence-electron chi connectivity index (χ2n) is 8.66. The molecule has 2 aromatic carbocycles. The van der Waals surface area contributed by atoms with Gasteiger partial charge in [0.1, 0.15) is 11.5 Å². The minimum absolute atomic E-state index is 0.209. The summed E-state index contributed by atoms with van der Waals surface area (Å²) in [4.78, 5) is 19.7. The molecule has 0 saturated carbocycles. The maximum absolute atomic E-state index is 14.3. The summed E-state index contributed by atoms with van der Waals surface area (Å²) >= 11 is 9.58. The SMILES string of the molecule is CC1=C2C(=O)N(c3cc(C)on3)c3ccccc3C2N(c2ccc(Br)cc2)C(=S)N1c1cc(C)on1. The van der Waals surface area contributed by atoms with Crippen molar-refractivity contribution in [1.82, 2.24) is 10.3 Å². The number of carbonyl (C=O) groups excluding carboxylic acids is 1. The molecule has 180 valence electrons. The smallest absolute Gasteiger partial charge is 0.264 e. The van der Waals surface area contributed by atoms with E-state index in [2.05, 4.69) is 26.2 Å². The van der Waals surface area contributed by atoms with E-state index >= 15 is 0 Å². The normalized spacial score (nSPS) is 17.6. The van der Waals surface area contributed by atoms with Crippen LogP contribution in [0.25, 0.3) is 0 Å². The van der Waals surface area contributed by atoms with Crippen LogP contribution in [-0.4, -0.2) is 21.3 Å². The average molecular weight is 562 g/mol. The number of anilines is 4. The fourth-order valence-corrected chi connectivity index (χ4v) is 5.51. The van der Waals surface area contributed by atoms with Gasteiger partial charge >= 0.3 is 0 Å². The van der Waals surface area contributed by atoms with Gasteiger partial charge in [0.25, 0.3) is 5.91 Å². The van der Waals surface area contributed by atoms with Crippen molar-refractivity contribution in [3.8, 4) is 0 Å². The molecule has 4 aromatic rings. The Kier molecular flexibility index (Phi) is 5.31. The highest BCUT2D eigenvalue weighted by molar-refractivity contribution is 9.10. The zero-order valence-electron chi connectivity index (χ0n) is 19.6. The number of allylic oxidation sites excluding steroid dienone is 1. The van der Waals surface area contributed by atoms with Gasteiger partial charge in [-0.25, -0.2) is 0 Å². The maximum Gasteiger partial charge on any atom is 0.264 e. The quantitative estimate of drug-likeness (QED) is 0.268. The van der Waals surface area contributed by atoms with Crippen LogP contribution < -0.4 is 14.7 Å². The van der Waals surface area contributed by atoms with Crippen LogP contribution in [0.2, 0.25) is 0 Å². The van der Waals surface area contributed by atoms with Crippen LogP contribution >= 0.6 is 28.1 Å². The molecule has 4 heterocycles. The Morgan fingerprint density at radius 2 is 1.50 bits per heavy atom. The van der Waals surface area contributed by atoms with Gasteiger partial charge in [-0.05, 0) is 63.3 Å². The van der Waals surface area contributed by atoms with Crippen molar-refractivity contribution in [1.29, 1.82) is 0 Å². The number of carbonyl (C=O) groups is 1. The predicted molar refractivity (Wildman–Crippen MR) is 143 cm³/mol. The molecule has 0 fully saturated rings. The van der Waals surface area contributed by atoms with Crippen molar-refractivity contribution in [3.63, 3.8) is 0 Å². The molecular formula is C26H20BrN5O3S. The zero-order valence-corrected chi connectivity index (χ0v) is 22.0. The van der Waals surface area contributed by atoms with Gasteiger partial charge < -0.3 is 13.9 Å². The van der Waals surface area contributed by atoms with E-state index < -0.39 is 6.04 Å². The molecule has 8 nitrogen and oxygen atoms in total. The Balaban J connectivity index is 1.64. The fourth-order valence-electron chi connectivity index (χ4n) is 4.80. The molecule has 0 aliphatic carbocycles. The Labute approximate surface area is 220 Å². The number of nitrogens with zero attached hydrogens (tertiary/aromatic N) is 5. The van der Waals surface area contributed by atoms with Gasteiger partial charge in [-0.15, -0.1) is 0 Å². The van der Waals surface area contributed by atoms with Crippen LogP contribution in [0, 0.1) is 13.8 Å². The van der Waals surface area contributed by atoms with Gasteiger partial charge in [0.05, 0.1) is 17.3 Å². The molecule has 0 N–H and O–H groups in total. The lowest BCUT2D eigenvalue weighted by Crippen LogP contribution is -2.54. The predicted octanol–water partition coefficient (Wildman–Crippen LogP) is 6.35. The van der Waals surface area contributed by atoms with Crippen molar-refractivity contribution < 1.29 is 13.8 Å². The molecule has 0 bridgehead atoms. The van der Waals surface area contributed by atoms with Gasteiger partial charge in [-0.1, -0.05) is 44.4 Å². The Morgan fingerprint density at radius 3 is 2.11 bits per heavy atom. The van der Waals surface area contributed by atoms with Gasteiger partial charge in [-0.3, -0.25) is 14.6 Å². The molecule has 36 heavy (non-hydrogen) atoms. The Morgan fingerprint density at radius 1 is 0.889 bits per heavy atom. The summed E-state index contributed by atoms with van der Waals surface area (Å²) < 4.78 is 11.6. The third kappa shape index (κ3) is 3.40. The monoisotopic (exact) mass is 561 g/mol. The van der Waals surface area contributed by atoms with Crippen LogP contribution in [0.1, 0.15) is 30.0 Å². The summed E-state index contributed by atoms with van der Waals surface area (Å²) in [5, 5.41) is 8.86. The minimum atomic E-state index is -0.448. The van der Waals surface area contributed by atoms with E-state index in [0.29, 0.717) is 39.5 Å². The first-order chi connectivity index (χ1) is 17.3. The first-order valence-electron chi connectivity index (χ1n) is 11.2. The summed E-state index contributed by atoms with van der Waals surface area (Å²) in [5.41, 5.74) is 3.74. The number of rotatable bonds is 3. The number of fused-ring (bicyclic) bond motifs is 3. The van der Waals surface area contributed by atoms with E-state index in [1.54, 1.807) is 28.9 Å². The molecule has 0 radical (unpaired) electrons. The lowest BCUT2D eigenvalue weighted by molar-refractivity contribution is -0.115. The average Bonchev–Trinajstić information content (AvgIpc) is 3.48. The molecular weight excluding hydrogens is 542 g/mol. The number of hydrogen-bond acceptors (Lipinski definition) is 6. The second kappa shape index (κ2) is 8.42. The molecule has 1 unspecified atom stereocenters. The van der Waals surface area contributed by atoms with Crippen molar-refractivity contribution in [2.24, 2.45) is 0 Å². The van der Waals surface area contributed by atoms with Gasteiger partial charge in [0, 0.05) is 33.6 Å².